The molecule has 0 unspecified atom stereocenters. The molecule has 1 fully saturated rings. The Morgan fingerprint density at radius 1 is 1.19 bits per heavy atom. The zero-order valence-corrected chi connectivity index (χ0v) is 11.5. The van der Waals surface area contributed by atoms with Crippen LogP contribution in [0.3, 0.4) is 0 Å². The van der Waals surface area contributed by atoms with Crippen molar-refractivity contribution in [1.82, 2.24) is 4.90 Å². The molecule has 0 aromatic carbocycles. The van der Waals surface area contributed by atoms with Crippen LogP contribution in [0.25, 0.3) is 0 Å². The minimum atomic E-state index is 0.476. The number of hydrogen-bond donors (Lipinski definition) is 1. The fourth-order valence-corrected chi connectivity index (χ4v) is 3.00. The molecule has 1 saturated carbocycles. The van der Waals surface area contributed by atoms with Crippen molar-refractivity contribution in [3.05, 3.63) is 0 Å². The second kappa shape index (κ2) is 6.61. The average Bonchev–Trinajstić information content (AvgIpc) is 2.27. The van der Waals surface area contributed by atoms with Crippen molar-refractivity contribution in [2.24, 2.45) is 17.1 Å². The molecule has 0 radical (unpaired) electrons. The molecule has 0 amide bonds. The Kier molecular flexibility index (Phi) is 5.77. The van der Waals surface area contributed by atoms with Gasteiger partial charge in [-0.1, -0.05) is 33.1 Å². The quantitative estimate of drug-likeness (QED) is 0.754. The molecule has 0 spiro atoms. The van der Waals surface area contributed by atoms with E-state index in [1.807, 2.05) is 0 Å². The summed E-state index contributed by atoms with van der Waals surface area (Å²) in [5, 5.41) is 0. The predicted octanol–water partition coefficient (Wildman–Crippen LogP) is 2.87. The molecule has 0 bridgehead atoms. The van der Waals surface area contributed by atoms with E-state index in [9.17, 15) is 0 Å². The lowest BCUT2D eigenvalue weighted by Crippen LogP contribution is -2.37. The first-order valence-corrected chi connectivity index (χ1v) is 6.97. The van der Waals surface area contributed by atoms with Crippen LogP contribution >= 0.6 is 0 Å². The monoisotopic (exact) mass is 226 g/mol. The van der Waals surface area contributed by atoms with Crippen molar-refractivity contribution >= 4 is 0 Å². The number of hydrogen-bond acceptors (Lipinski definition) is 2. The molecule has 1 rings (SSSR count). The van der Waals surface area contributed by atoms with E-state index >= 15 is 0 Å². The standard InChI is InChI=1S/C14H30N2/c1-13(2)11-16(3)10-9-14(12-15)7-5-4-6-8-14/h13H,4-12,15H2,1-3H3. The second-order valence-corrected chi connectivity index (χ2v) is 6.17. The van der Waals surface area contributed by atoms with E-state index in [1.54, 1.807) is 0 Å². The molecular formula is C14H30N2. The van der Waals surface area contributed by atoms with Gasteiger partial charge in [0, 0.05) is 6.54 Å². The van der Waals surface area contributed by atoms with Crippen molar-refractivity contribution in [3.8, 4) is 0 Å². The molecule has 2 nitrogen and oxygen atoms in total. The third kappa shape index (κ3) is 4.42. The molecule has 0 aliphatic heterocycles. The maximum atomic E-state index is 6.01. The van der Waals surface area contributed by atoms with Gasteiger partial charge in [0.15, 0.2) is 0 Å². The van der Waals surface area contributed by atoms with Gasteiger partial charge in [-0.3, -0.25) is 0 Å². The average molecular weight is 226 g/mol. The Hall–Kier alpha value is -0.0800. The largest absolute Gasteiger partial charge is 0.330 e. The Morgan fingerprint density at radius 3 is 2.31 bits per heavy atom. The van der Waals surface area contributed by atoms with E-state index in [0.717, 1.165) is 12.5 Å². The molecule has 96 valence electrons. The van der Waals surface area contributed by atoms with Crippen LogP contribution in [-0.2, 0) is 0 Å². The molecule has 2 N–H and O–H groups in total. The van der Waals surface area contributed by atoms with E-state index in [0.29, 0.717) is 5.41 Å². The van der Waals surface area contributed by atoms with Gasteiger partial charge in [0.2, 0.25) is 0 Å². The third-order valence-electron chi connectivity index (χ3n) is 4.05. The zero-order valence-electron chi connectivity index (χ0n) is 11.5. The molecule has 1 aliphatic carbocycles. The summed E-state index contributed by atoms with van der Waals surface area (Å²) in [7, 11) is 2.24. The lowest BCUT2D eigenvalue weighted by atomic mass is 9.72. The van der Waals surface area contributed by atoms with Crippen LogP contribution in [0.4, 0.5) is 0 Å². The van der Waals surface area contributed by atoms with Crippen LogP contribution < -0.4 is 5.73 Å². The maximum absolute atomic E-state index is 6.01. The van der Waals surface area contributed by atoms with Crippen LogP contribution in [0.5, 0.6) is 0 Å². The van der Waals surface area contributed by atoms with E-state index in [2.05, 4.69) is 25.8 Å². The van der Waals surface area contributed by atoms with Gasteiger partial charge in [-0.25, -0.2) is 0 Å². The highest BCUT2D eigenvalue weighted by molar-refractivity contribution is 4.84. The molecule has 0 saturated heterocycles. The van der Waals surface area contributed by atoms with Crippen molar-refractivity contribution < 1.29 is 0 Å². The first kappa shape index (κ1) is 14.0. The van der Waals surface area contributed by atoms with Gasteiger partial charge in [-0.05, 0) is 50.7 Å². The summed E-state index contributed by atoms with van der Waals surface area (Å²) < 4.78 is 0. The smallest absolute Gasteiger partial charge is 0.000134 e. The van der Waals surface area contributed by atoms with E-state index in [-0.39, 0.29) is 0 Å². The summed E-state index contributed by atoms with van der Waals surface area (Å²) in [5.74, 6) is 0.769. The van der Waals surface area contributed by atoms with Crippen molar-refractivity contribution in [2.45, 2.75) is 52.4 Å². The molecular weight excluding hydrogens is 196 g/mol. The maximum Gasteiger partial charge on any atom is 0.000134 e. The molecule has 2 heteroatoms. The molecule has 0 atom stereocenters. The van der Waals surface area contributed by atoms with Crippen LogP contribution in [0.2, 0.25) is 0 Å². The highest BCUT2D eigenvalue weighted by Crippen LogP contribution is 2.38. The Labute approximate surface area is 102 Å². The number of nitrogens with two attached hydrogens (primary N) is 1. The van der Waals surface area contributed by atoms with Crippen molar-refractivity contribution in [3.63, 3.8) is 0 Å². The van der Waals surface area contributed by atoms with Gasteiger partial charge in [0.25, 0.3) is 0 Å². The van der Waals surface area contributed by atoms with Crippen LogP contribution in [0, 0.1) is 11.3 Å². The highest BCUT2D eigenvalue weighted by atomic mass is 15.1. The van der Waals surface area contributed by atoms with Crippen LogP contribution in [0.15, 0.2) is 0 Å². The van der Waals surface area contributed by atoms with E-state index in [4.69, 9.17) is 5.73 Å². The van der Waals surface area contributed by atoms with E-state index in [1.165, 1.54) is 51.6 Å². The molecule has 1 aliphatic rings. The van der Waals surface area contributed by atoms with Crippen molar-refractivity contribution in [2.75, 3.05) is 26.7 Å². The predicted molar refractivity (Wildman–Crippen MR) is 71.5 cm³/mol. The zero-order chi connectivity index (χ0) is 12.0. The summed E-state index contributed by atoms with van der Waals surface area (Å²) >= 11 is 0. The van der Waals surface area contributed by atoms with Crippen LogP contribution in [-0.4, -0.2) is 31.6 Å². The number of nitrogens with zero attached hydrogens (tertiary/aromatic N) is 1. The minimum absolute atomic E-state index is 0.476. The topological polar surface area (TPSA) is 29.3 Å². The van der Waals surface area contributed by atoms with Gasteiger partial charge in [0.05, 0.1) is 0 Å². The first-order chi connectivity index (χ1) is 7.58. The third-order valence-corrected chi connectivity index (χ3v) is 4.05. The van der Waals surface area contributed by atoms with Gasteiger partial charge in [-0.2, -0.15) is 0 Å². The summed E-state index contributed by atoms with van der Waals surface area (Å²) in [6.07, 6.45) is 8.23. The lowest BCUT2D eigenvalue weighted by molar-refractivity contribution is 0.152. The Balaban J connectivity index is 2.32. The number of rotatable bonds is 6. The SMILES string of the molecule is CC(C)CN(C)CCC1(CN)CCCCC1. The fraction of sp³-hybridized carbons (Fsp3) is 1.00. The Morgan fingerprint density at radius 2 is 1.81 bits per heavy atom. The van der Waals surface area contributed by atoms with Gasteiger partial charge in [-0.15, -0.1) is 0 Å². The van der Waals surface area contributed by atoms with Gasteiger partial charge >= 0.3 is 0 Å². The van der Waals surface area contributed by atoms with E-state index < -0.39 is 0 Å². The van der Waals surface area contributed by atoms with Crippen molar-refractivity contribution in [1.29, 1.82) is 0 Å². The summed E-state index contributed by atoms with van der Waals surface area (Å²) in [5.41, 5.74) is 6.48. The van der Waals surface area contributed by atoms with Crippen LogP contribution in [0.1, 0.15) is 52.4 Å². The highest BCUT2D eigenvalue weighted by Gasteiger charge is 2.30. The Bertz CT molecular complexity index is 183. The summed E-state index contributed by atoms with van der Waals surface area (Å²) in [6, 6.07) is 0. The second-order valence-electron chi connectivity index (χ2n) is 6.17. The lowest BCUT2D eigenvalue weighted by Gasteiger charge is -2.37. The minimum Gasteiger partial charge on any atom is -0.330 e. The summed E-state index contributed by atoms with van der Waals surface area (Å²) in [4.78, 5) is 2.47. The van der Waals surface area contributed by atoms with Gasteiger partial charge < -0.3 is 10.6 Å². The normalized spacial score (nSPS) is 20.6. The molecule has 0 heterocycles. The van der Waals surface area contributed by atoms with Gasteiger partial charge in [0.1, 0.15) is 0 Å². The molecule has 16 heavy (non-hydrogen) atoms. The fourth-order valence-electron chi connectivity index (χ4n) is 3.00. The molecule has 0 aromatic rings. The molecule has 0 aromatic heterocycles. The first-order valence-electron chi connectivity index (χ1n) is 6.97. The summed E-state index contributed by atoms with van der Waals surface area (Å²) in [6.45, 7) is 7.89.